The zero-order valence-corrected chi connectivity index (χ0v) is 12.9. The molecule has 0 aliphatic heterocycles. The molecule has 1 aromatic rings. The first-order valence-electron chi connectivity index (χ1n) is 6.72. The average molecular weight is 314 g/mol. The van der Waals surface area contributed by atoms with Crippen LogP contribution in [0.3, 0.4) is 0 Å². The van der Waals surface area contributed by atoms with Crippen LogP contribution in [0.5, 0.6) is 0 Å². The second kappa shape index (κ2) is 9.23. The van der Waals surface area contributed by atoms with Crippen LogP contribution in [0.15, 0.2) is 30.3 Å². The zero-order valence-electron chi connectivity index (χ0n) is 12.2. The van der Waals surface area contributed by atoms with Gasteiger partial charge < -0.3 is 14.8 Å². The number of benzene rings is 1. The SMILES string of the molecule is CC(C)CC(NC(=O)OCc1ccccc1)C(=O)OCCl. The van der Waals surface area contributed by atoms with Gasteiger partial charge in [-0.2, -0.15) is 0 Å². The number of amides is 1. The number of carbonyl (C=O) groups excluding carboxylic acids is 2. The van der Waals surface area contributed by atoms with E-state index >= 15 is 0 Å². The third kappa shape index (κ3) is 6.99. The summed E-state index contributed by atoms with van der Waals surface area (Å²) in [7, 11) is 0. The number of alkyl carbamates (subject to hydrolysis) is 1. The van der Waals surface area contributed by atoms with E-state index in [-0.39, 0.29) is 18.6 Å². The van der Waals surface area contributed by atoms with Crippen molar-refractivity contribution in [2.75, 3.05) is 6.07 Å². The number of esters is 1. The quantitative estimate of drug-likeness (QED) is 0.620. The predicted octanol–water partition coefficient (Wildman–Crippen LogP) is 3.07. The van der Waals surface area contributed by atoms with Crippen molar-refractivity contribution in [2.24, 2.45) is 5.92 Å². The third-order valence-corrected chi connectivity index (χ3v) is 2.80. The molecule has 21 heavy (non-hydrogen) atoms. The molecule has 0 aliphatic carbocycles. The van der Waals surface area contributed by atoms with Crippen molar-refractivity contribution in [1.82, 2.24) is 5.32 Å². The molecule has 0 bridgehead atoms. The summed E-state index contributed by atoms with van der Waals surface area (Å²) in [6, 6.07) is 8.29. The maximum atomic E-state index is 11.7. The third-order valence-electron chi connectivity index (χ3n) is 2.69. The van der Waals surface area contributed by atoms with E-state index < -0.39 is 18.1 Å². The van der Waals surface area contributed by atoms with Gasteiger partial charge in [-0.3, -0.25) is 0 Å². The van der Waals surface area contributed by atoms with Gasteiger partial charge in [-0.1, -0.05) is 55.8 Å². The Balaban J connectivity index is 2.49. The largest absolute Gasteiger partial charge is 0.448 e. The van der Waals surface area contributed by atoms with Gasteiger partial charge in [0.1, 0.15) is 12.6 Å². The van der Waals surface area contributed by atoms with E-state index in [4.69, 9.17) is 21.1 Å². The minimum atomic E-state index is -0.757. The summed E-state index contributed by atoms with van der Waals surface area (Å²) in [4.78, 5) is 23.5. The van der Waals surface area contributed by atoms with Crippen molar-refractivity contribution in [2.45, 2.75) is 32.9 Å². The smallest absolute Gasteiger partial charge is 0.408 e. The minimum Gasteiger partial charge on any atom is -0.448 e. The number of nitrogens with one attached hydrogen (secondary N) is 1. The second-order valence-corrected chi connectivity index (χ2v) is 5.18. The van der Waals surface area contributed by atoms with E-state index in [1.807, 2.05) is 44.2 Å². The Morgan fingerprint density at radius 3 is 2.43 bits per heavy atom. The Morgan fingerprint density at radius 1 is 1.19 bits per heavy atom. The van der Waals surface area contributed by atoms with Crippen molar-refractivity contribution >= 4 is 23.7 Å². The monoisotopic (exact) mass is 313 g/mol. The molecule has 5 nitrogen and oxygen atoms in total. The van der Waals surface area contributed by atoms with Gasteiger partial charge in [0, 0.05) is 0 Å². The van der Waals surface area contributed by atoms with Crippen molar-refractivity contribution in [3.8, 4) is 0 Å². The Labute approximate surface area is 129 Å². The van der Waals surface area contributed by atoms with E-state index in [2.05, 4.69) is 5.32 Å². The van der Waals surface area contributed by atoms with Crippen LogP contribution in [0.4, 0.5) is 4.79 Å². The summed E-state index contributed by atoms with van der Waals surface area (Å²) in [5.74, 6) is -0.345. The fourth-order valence-corrected chi connectivity index (χ4v) is 1.85. The van der Waals surface area contributed by atoms with Gasteiger partial charge in [0.2, 0.25) is 0 Å². The van der Waals surface area contributed by atoms with Crippen LogP contribution >= 0.6 is 11.6 Å². The number of alkyl halides is 1. The molecule has 1 amide bonds. The molecule has 1 rings (SSSR count). The lowest BCUT2D eigenvalue weighted by atomic mass is 10.0. The Hall–Kier alpha value is -1.75. The topological polar surface area (TPSA) is 64.6 Å². The van der Waals surface area contributed by atoms with Crippen molar-refractivity contribution in [3.05, 3.63) is 35.9 Å². The predicted molar refractivity (Wildman–Crippen MR) is 79.8 cm³/mol. The highest BCUT2D eigenvalue weighted by Gasteiger charge is 2.23. The van der Waals surface area contributed by atoms with Crippen LogP contribution in [0.1, 0.15) is 25.8 Å². The molecule has 0 saturated carbocycles. The van der Waals surface area contributed by atoms with Gasteiger partial charge in [0.05, 0.1) is 0 Å². The summed E-state index contributed by atoms with van der Waals surface area (Å²) in [5.41, 5.74) is 0.872. The standard InChI is InChI=1S/C15H20ClNO4/c1-11(2)8-13(14(18)21-10-16)17-15(19)20-9-12-6-4-3-5-7-12/h3-7,11,13H,8-10H2,1-2H3,(H,17,19). The molecule has 0 radical (unpaired) electrons. The number of ether oxygens (including phenoxy) is 2. The summed E-state index contributed by atoms with van der Waals surface area (Å²) < 4.78 is 9.80. The lowest BCUT2D eigenvalue weighted by molar-refractivity contribution is -0.144. The van der Waals surface area contributed by atoms with Crippen LogP contribution in [-0.4, -0.2) is 24.2 Å². The Morgan fingerprint density at radius 2 is 1.86 bits per heavy atom. The Kier molecular flexibility index (Phi) is 7.61. The van der Waals surface area contributed by atoms with Gasteiger partial charge in [-0.15, -0.1) is 0 Å². The zero-order chi connectivity index (χ0) is 15.7. The molecule has 0 fully saturated rings. The molecule has 0 heterocycles. The lowest BCUT2D eigenvalue weighted by Crippen LogP contribution is -2.42. The van der Waals surface area contributed by atoms with E-state index in [9.17, 15) is 9.59 Å². The van der Waals surface area contributed by atoms with Crippen LogP contribution in [0.25, 0.3) is 0 Å². The molecular formula is C15H20ClNO4. The molecule has 6 heteroatoms. The van der Waals surface area contributed by atoms with E-state index in [1.165, 1.54) is 0 Å². The molecule has 1 unspecified atom stereocenters. The van der Waals surface area contributed by atoms with Crippen molar-refractivity contribution in [1.29, 1.82) is 0 Å². The molecule has 0 spiro atoms. The average Bonchev–Trinajstić information content (AvgIpc) is 2.45. The maximum Gasteiger partial charge on any atom is 0.408 e. The first kappa shape index (κ1) is 17.3. The van der Waals surface area contributed by atoms with E-state index in [0.717, 1.165) is 5.56 Å². The summed E-state index contributed by atoms with van der Waals surface area (Å²) >= 11 is 5.37. The van der Waals surface area contributed by atoms with Crippen molar-refractivity contribution < 1.29 is 19.1 Å². The molecule has 116 valence electrons. The number of hydrogen-bond donors (Lipinski definition) is 1. The molecule has 0 aromatic heterocycles. The fourth-order valence-electron chi connectivity index (χ4n) is 1.75. The minimum absolute atomic E-state index is 0.144. The van der Waals surface area contributed by atoms with Crippen LogP contribution in [0, 0.1) is 5.92 Å². The number of rotatable bonds is 7. The molecule has 1 N–H and O–H groups in total. The van der Waals surface area contributed by atoms with E-state index in [1.54, 1.807) is 0 Å². The van der Waals surface area contributed by atoms with Gasteiger partial charge in [-0.25, -0.2) is 9.59 Å². The first-order chi connectivity index (χ1) is 10.0. The normalized spacial score (nSPS) is 11.8. The van der Waals surface area contributed by atoms with Crippen LogP contribution < -0.4 is 5.32 Å². The molecule has 0 aliphatic rings. The summed E-state index contributed by atoms with van der Waals surface area (Å²) in [6.45, 7) is 4.03. The van der Waals surface area contributed by atoms with E-state index in [0.29, 0.717) is 6.42 Å². The van der Waals surface area contributed by atoms with Crippen LogP contribution in [-0.2, 0) is 20.9 Å². The lowest BCUT2D eigenvalue weighted by Gasteiger charge is -2.18. The number of hydrogen-bond acceptors (Lipinski definition) is 4. The second-order valence-electron chi connectivity index (χ2n) is 4.96. The van der Waals surface area contributed by atoms with Gasteiger partial charge in [0.25, 0.3) is 0 Å². The maximum absolute atomic E-state index is 11.7. The van der Waals surface area contributed by atoms with Crippen molar-refractivity contribution in [3.63, 3.8) is 0 Å². The highest BCUT2D eigenvalue weighted by molar-refractivity contribution is 6.17. The highest BCUT2D eigenvalue weighted by Crippen LogP contribution is 2.08. The number of halogens is 1. The Bertz CT molecular complexity index is 450. The number of carbonyl (C=O) groups is 2. The fraction of sp³-hybridized carbons (Fsp3) is 0.467. The van der Waals surface area contributed by atoms with Gasteiger partial charge in [0.15, 0.2) is 6.07 Å². The molecule has 1 aromatic carbocycles. The molecular weight excluding hydrogens is 294 g/mol. The van der Waals surface area contributed by atoms with Crippen LogP contribution in [0.2, 0.25) is 0 Å². The highest BCUT2D eigenvalue weighted by atomic mass is 35.5. The van der Waals surface area contributed by atoms with Gasteiger partial charge in [-0.05, 0) is 17.9 Å². The summed E-state index contributed by atoms with van der Waals surface area (Å²) in [5, 5.41) is 2.51. The first-order valence-corrected chi connectivity index (χ1v) is 7.26. The molecule has 0 saturated heterocycles. The summed E-state index contributed by atoms with van der Waals surface area (Å²) in [6.07, 6.45) is -0.202. The van der Waals surface area contributed by atoms with Gasteiger partial charge >= 0.3 is 12.1 Å². The molecule has 1 atom stereocenters.